The van der Waals surface area contributed by atoms with Crippen molar-refractivity contribution in [2.24, 2.45) is 17.6 Å². The molecule has 0 aromatic carbocycles. The molecule has 96 valence electrons. The zero-order chi connectivity index (χ0) is 12.0. The largest absolute Gasteiger partial charge is 0.383 e. The number of nitrogens with zero attached hydrogens (tertiary/aromatic N) is 1. The lowest BCUT2D eigenvalue weighted by Crippen LogP contribution is -2.46. The van der Waals surface area contributed by atoms with Crippen molar-refractivity contribution >= 4 is 0 Å². The van der Waals surface area contributed by atoms with Gasteiger partial charge in [0.05, 0.1) is 6.61 Å². The van der Waals surface area contributed by atoms with Crippen LogP contribution in [0.3, 0.4) is 0 Å². The molecule has 0 spiro atoms. The van der Waals surface area contributed by atoms with E-state index in [9.17, 15) is 0 Å². The van der Waals surface area contributed by atoms with Crippen molar-refractivity contribution < 1.29 is 4.74 Å². The molecule has 0 amide bonds. The van der Waals surface area contributed by atoms with Crippen LogP contribution in [0.4, 0.5) is 0 Å². The van der Waals surface area contributed by atoms with Crippen LogP contribution in [0.2, 0.25) is 0 Å². The maximum absolute atomic E-state index is 5.59. The van der Waals surface area contributed by atoms with Gasteiger partial charge in [0.2, 0.25) is 0 Å². The molecule has 3 heteroatoms. The predicted molar refractivity (Wildman–Crippen MR) is 68.5 cm³/mol. The number of hydrogen-bond donors (Lipinski definition) is 1. The van der Waals surface area contributed by atoms with Gasteiger partial charge < -0.3 is 10.5 Å². The van der Waals surface area contributed by atoms with Gasteiger partial charge in [0.25, 0.3) is 0 Å². The second-order valence-corrected chi connectivity index (χ2v) is 5.28. The van der Waals surface area contributed by atoms with Gasteiger partial charge in [-0.3, -0.25) is 4.90 Å². The quantitative estimate of drug-likeness (QED) is 0.752. The lowest BCUT2D eigenvalue weighted by Gasteiger charge is -2.40. The highest BCUT2D eigenvalue weighted by molar-refractivity contribution is 4.80. The van der Waals surface area contributed by atoms with Crippen molar-refractivity contribution in [1.82, 2.24) is 4.90 Å². The Morgan fingerprint density at radius 2 is 2.12 bits per heavy atom. The molecule has 16 heavy (non-hydrogen) atoms. The van der Waals surface area contributed by atoms with E-state index in [4.69, 9.17) is 10.5 Å². The lowest BCUT2D eigenvalue weighted by molar-refractivity contribution is 0.0416. The molecule has 0 saturated carbocycles. The summed E-state index contributed by atoms with van der Waals surface area (Å²) in [5.41, 5.74) is 5.59. The van der Waals surface area contributed by atoms with Gasteiger partial charge >= 0.3 is 0 Å². The van der Waals surface area contributed by atoms with Crippen molar-refractivity contribution in [3.05, 3.63) is 0 Å². The van der Waals surface area contributed by atoms with Crippen LogP contribution in [0.25, 0.3) is 0 Å². The van der Waals surface area contributed by atoms with Crippen LogP contribution in [0, 0.1) is 11.8 Å². The molecule has 1 aliphatic heterocycles. The van der Waals surface area contributed by atoms with Crippen LogP contribution in [-0.2, 0) is 4.74 Å². The van der Waals surface area contributed by atoms with Gasteiger partial charge in [-0.2, -0.15) is 0 Å². The molecule has 0 radical (unpaired) electrons. The third kappa shape index (κ3) is 4.04. The van der Waals surface area contributed by atoms with Gasteiger partial charge in [0, 0.05) is 19.7 Å². The standard InChI is InChI=1S/C13H28N2O/c1-11-6-8-15(9-12(11)2)13(10-16-3)5-4-7-14/h11-13H,4-10,14H2,1-3H3. The van der Waals surface area contributed by atoms with Crippen LogP contribution in [-0.4, -0.2) is 44.3 Å². The summed E-state index contributed by atoms with van der Waals surface area (Å²) in [6.07, 6.45) is 3.60. The van der Waals surface area contributed by atoms with E-state index < -0.39 is 0 Å². The zero-order valence-corrected chi connectivity index (χ0v) is 11.1. The van der Waals surface area contributed by atoms with E-state index in [0.717, 1.165) is 31.4 Å². The molecule has 1 heterocycles. The average Bonchev–Trinajstić information content (AvgIpc) is 2.28. The molecule has 1 aliphatic rings. The maximum Gasteiger partial charge on any atom is 0.0618 e. The maximum atomic E-state index is 5.59. The summed E-state index contributed by atoms with van der Waals surface area (Å²) in [6, 6.07) is 0.573. The Labute approximate surface area is 100 Å². The number of hydrogen-bond acceptors (Lipinski definition) is 3. The predicted octanol–water partition coefficient (Wildman–Crippen LogP) is 1.72. The first-order valence-electron chi connectivity index (χ1n) is 6.62. The molecule has 3 unspecified atom stereocenters. The minimum atomic E-state index is 0.573. The number of piperidine rings is 1. The Morgan fingerprint density at radius 3 is 2.69 bits per heavy atom. The van der Waals surface area contributed by atoms with Gasteiger partial charge in [-0.15, -0.1) is 0 Å². The summed E-state index contributed by atoms with van der Waals surface area (Å²) >= 11 is 0. The number of likely N-dealkylation sites (tertiary alicyclic amines) is 1. The molecule has 1 rings (SSSR count). The molecule has 0 aliphatic carbocycles. The summed E-state index contributed by atoms with van der Waals surface area (Å²) < 4.78 is 5.33. The van der Waals surface area contributed by atoms with Gasteiger partial charge in [0.15, 0.2) is 0 Å². The molecule has 0 aromatic heterocycles. The molecule has 0 bridgehead atoms. The molecule has 2 N–H and O–H groups in total. The van der Waals surface area contributed by atoms with E-state index in [-0.39, 0.29) is 0 Å². The number of ether oxygens (including phenoxy) is 1. The number of methoxy groups -OCH3 is 1. The highest BCUT2D eigenvalue weighted by atomic mass is 16.5. The second kappa shape index (κ2) is 7.25. The molecular weight excluding hydrogens is 200 g/mol. The summed E-state index contributed by atoms with van der Waals surface area (Å²) in [5.74, 6) is 1.68. The Kier molecular flexibility index (Phi) is 6.32. The molecule has 3 nitrogen and oxygen atoms in total. The van der Waals surface area contributed by atoms with E-state index in [1.54, 1.807) is 7.11 Å². The SMILES string of the molecule is COCC(CCCN)N1CCC(C)C(C)C1. The van der Waals surface area contributed by atoms with Crippen LogP contribution in [0.5, 0.6) is 0 Å². The summed E-state index contributed by atoms with van der Waals surface area (Å²) in [6.45, 7) is 8.82. The fraction of sp³-hybridized carbons (Fsp3) is 1.00. The Balaban J connectivity index is 2.43. The third-order valence-corrected chi connectivity index (χ3v) is 3.98. The molecule has 3 atom stereocenters. The Bertz CT molecular complexity index is 185. The Morgan fingerprint density at radius 1 is 1.38 bits per heavy atom. The number of nitrogens with two attached hydrogens (primary N) is 1. The van der Waals surface area contributed by atoms with E-state index in [2.05, 4.69) is 18.7 Å². The van der Waals surface area contributed by atoms with Crippen molar-refractivity contribution in [3.63, 3.8) is 0 Å². The molecule has 1 fully saturated rings. The van der Waals surface area contributed by atoms with Crippen LogP contribution in [0.1, 0.15) is 33.1 Å². The molecular formula is C13H28N2O. The topological polar surface area (TPSA) is 38.5 Å². The van der Waals surface area contributed by atoms with E-state index >= 15 is 0 Å². The monoisotopic (exact) mass is 228 g/mol. The van der Waals surface area contributed by atoms with Gasteiger partial charge in [-0.25, -0.2) is 0 Å². The van der Waals surface area contributed by atoms with E-state index in [1.807, 2.05) is 0 Å². The summed E-state index contributed by atoms with van der Waals surface area (Å²) in [5, 5.41) is 0. The van der Waals surface area contributed by atoms with Crippen LogP contribution in [0.15, 0.2) is 0 Å². The van der Waals surface area contributed by atoms with Crippen molar-refractivity contribution in [2.75, 3.05) is 33.4 Å². The van der Waals surface area contributed by atoms with Crippen molar-refractivity contribution in [1.29, 1.82) is 0 Å². The third-order valence-electron chi connectivity index (χ3n) is 3.98. The molecule has 1 saturated heterocycles. The first kappa shape index (κ1) is 13.9. The first-order valence-corrected chi connectivity index (χ1v) is 6.62. The first-order chi connectivity index (χ1) is 7.69. The number of rotatable bonds is 6. The smallest absolute Gasteiger partial charge is 0.0618 e. The van der Waals surface area contributed by atoms with Gasteiger partial charge in [-0.1, -0.05) is 13.8 Å². The fourth-order valence-corrected chi connectivity index (χ4v) is 2.54. The Hall–Kier alpha value is -0.120. The van der Waals surface area contributed by atoms with E-state index in [1.165, 1.54) is 25.9 Å². The lowest BCUT2D eigenvalue weighted by atomic mass is 9.87. The zero-order valence-electron chi connectivity index (χ0n) is 11.1. The van der Waals surface area contributed by atoms with Crippen molar-refractivity contribution in [3.8, 4) is 0 Å². The minimum Gasteiger partial charge on any atom is -0.383 e. The highest BCUT2D eigenvalue weighted by Crippen LogP contribution is 2.25. The van der Waals surface area contributed by atoms with Gasteiger partial charge in [-0.05, 0) is 44.2 Å². The normalized spacial score (nSPS) is 29.2. The molecule has 0 aromatic rings. The minimum absolute atomic E-state index is 0.573. The van der Waals surface area contributed by atoms with Crippen molar-refractivity contribution in [2.45, 2.75) is 39.2 Å². The van der Waals surface area contributed by atoms with Crippen LogP contribution < -0.4 is 5.73 Å². The summed E-state index contributed by atoms with van der Waals surface area (Å²) in [7, 11) is 1.80. The fourth-order valence-electron chi connectivity index (χ4n) is 2.54. The second-order valence-electron chi connectivity index (χ2n) is 5.28. The van der Waals surface area contributed by atoms with Gasteiger partial charge in [0.1, 0.15) is 0 Å². The summed E-state index contributed by atoms with van der Waals surface area (Å²) in [4.78, 5) is 2.60. The average molecular weight is 228 g/mol. The van der Waals surface area contributed by atoms with Crippen LogP contribution >= 0.6 is 0 Å². The highest BCUT2D eigenvalue weighted by Gasteiger charge is 2.27. The van der Waals surface area contributed by atoms with E-state index in [0.29, 0.717) is 6.04 Å².